The smallest absolute Gasteiger partial charge is 0.353 e. The van der Waals surface area contributed by atoms with E-state index in [0.717, 1.165) is 10.4 Å². The highest BCUT2D eigenvalue weighted by Crippen LogP contribution is 2.24. The van der Waals surface area contributed by atoms with Crippen LogP contribution in [0, 0.1) is 0 Å². The normalized spacial score (nSPS) is 11.5. The highest BCUT2D eigenvalue weighted by atomic mass is 32.1. The average Bonchev–Trinajstić information content (AvgIpc) is 3.25. The minimum atomic E-state index is -1.40. The van der Waals surface area contributed by atoms with E-state index in [4.69, 9.17) is 9.57 Å². The molecule has 0 aliphatic rings. The third-order valence-electron chi connectivity index (χ3n) is 4.52. The van der Waals surface area contributed by atoms with E-state index in [1.54, 1.807) is 7.05 Å². The number of nitrogens with one attached hydrogen (secondary N) is 1. The second kappa shape index (κ2) is 8.40. The molecule has 0 aliphatic heterocycles. The number of benzene rings is 1. The van der Waals surface area contributed by atoms with Crippen LogP contribution < -0.4 is 21.1 Å². The Balaban J connectivity index is 1.71. The number of aryl methyl sites for hydroxylation is 1. The monoisotopic (exact) mass is 430 g/mol. The van der Waals surface area contributed by atoms with Crippen molar-refractivity contribution in [2.45, 2.75) is 26.2 Å². The summed E-state index contributed by atoms with van der Waals surface area (Å²) in [6, 6.07) is 10.5. The maximum absolute atomic E-state index is 12.4. The highest BCUT2D eigenvalue weighted by Gasteiger charge is 2.18. The fourth-order valence-corrected chi connectivity index (χ4v) is 4.80. The standard InChI is InChI=1S/C20H26N4O3SSi/c1-14(15-8-7-9-16(12-15)29(4,5)6)22-27-13-18-17(10-11-28-18)24-19(26-3)21-23(2)20(24)25/h7-12,22H,1,13H2,2-6H3. The molecular weight excluding hydrogens is 404 g/mol. The molecule has 0 saturated carbocycles. The molecule has 9 heteroatoms. The van der Waals surface area contributed by atoms with Gasteiger partial charge in [-0.1, -0.05) is 55.7 Å². The van der Waals surface area contributed by atoms with Gasteiger partial charge in [0.1, 0.15) is 6.61 Å². The number of hydrogen-bond donors (Lipinski definition) is 1. The minimum absolute atomic E-state index is 0.234. The van der Waals surface area contributed by atoms with Crippen molar-refractivity contribution in [3.63, 3.8) is 0 Å². The SMILES string of the molecule is C=C(NOCc1sccc1-n1c(OC)nn(C)c1=O)c1cccc([Si](C)(C)C)c1. The number of nitrogens with zero attached hydrogens (tertiary/aromatic N) is 3. The molecule has 0 aliphatic carbocycles. The third kappa shape index (κ3) is 4.52. The van der Waals surface area contributed by atoms with Gasteiger partial charge in [-0.15, -0.1) is 16.4 Å². The predicted molar refractivity (Wildman–Crippen MR) is 120 cm³/mol. The molecule has 0 atom stereocenters. The van der Waals surface area contributed by atoms with Crippen LogP contribution in [0.4, 0.5) is 0 Å². The molecule has 0 amide bonds. The molecule has 0 spiro atoms. The minimum Gasteiger partial charge on any atom is -0.467 e. The molecule has 7 nitrogen and oxygen atoms in total. The van der Waals surface area contributed by atoms with Crippen LogP contribution in [-0.2, 0) is 18.5 Å². The summed E-state index contributed by atoms with van der Waals surface area (Å²) in [5.74, 6) is 0. The van der Waals surface area contributed by atoms with Crippen molar-refractivity contribution in [2.24, 2.45) is 7.05 Å². The summed E-state index contributed by atoms with van der Waals surface area (Å²) >= 11 is 1.49. The number of aromatic nitrogens is 3. The molecule has 0 saturated heterocycles. The van der Waals surface area contributed by atoms with Crippen molar-refractivity contribution >= 4 is 30.3 Å². The van der Waals surface area contributed by atoms with Crippen LogP contribution in [0.5, 0.6) is 6.01 Å². The van der Waals surface area contributed by atoms with Crippen molar-refractivity contribution < 1.29 is 9.57 Å². The molecule has 0 fully saturated rings. The van der Waals surface area contributed by atoms with Gasteiger partial charge in [-0.3, -0.25) is 10.3 Å². The zero-order valence-corrected chi connectivity index (χ0v) is 19.2. The van der Waals surface area contributed by atoms with Crippen molar-refractivity contribution in [2.75, 3.05) is 7.11 Å². The molecular formula is C20H26N4O3SSi. The summed E-state index contributed by atoms with van der Waals surface area (Å²) in [7, 11) is 1.67. The zero-order valence-electron chi connectivity index (χ0n) is 17.4. The lowest BCUT2D eigenvalue weighted by molar-refractivity contribution is 0.0665. The van der Waals surface area contributed by atoms with Gasteiger partial charge in [0.15, 0.2) is 0 Å². The van der Waals surface area contributed by atoms with Gasteiger partial charge in [0.25, 0.3) is 0 Å². The average molecular weight is 431 g/mol. The summed E-state index contributed by atoms with van der Waals surface area (Å²) in [4.78, 5) is 19.0. The molecule has 0 radical (unpaired) electrons. The lowest BCUT2D eigenvalue weighted by atomic mass is 10.2. The lowest BCUT2D eigenvalue weighted by Crippen LogP contribution is -2.37. The van der Waals surface area contributed by atoms with Gasteiger partial charge in [-0.2, -0.15) is 0 Å². The Morgan fingerprint density at radius 3 is 2.76 bits per heavy atom. The molecule has 0 bridgehead atoms. The van der Waals surface area contributed by atoms with Crippen molar-refractivity contribution in [1.82, 2.24) is 19.8 Å². The highest BCUT2D eigenvalue weighted by molar-refractivity contribution is 7.10. The first kappa shape index (κ1) is 21.1. The molecule has 1 N–H and O–H groups in total. The largest absolute Gasteiger partial charge is 0.467 e. The van der Waals surface area contributed by atoms with E-state index < -0.39 is 8.07 Å². The number of hydroxylamine groups is 1. The van der Waals surface area contributed by atoms with Gasteiger partial charge in [0, 0.05) is 7.05 Å². The van der Waals surface area contributed by atoms with E-state index in [2.05, 4.69) is 48.9 Å². The summed E-state index contributed by atoms with van der Waals surface area (Å²) in [6.45, 7) is 11.3. The number of rotatable bonds is 8. The molecule has 29 heavy (non-hydrogen) atoms. The topological polar surface area (TPSA) is 70.3 Å². The quantitative estimate of drug-likeness (QED) is 0.440. The first-order valence-corrected chi connectivity index (χ1v) is 13.5. The maximum atomic E-state index is 12.4. The van der Waals surface area contributed by atoms with E-state index in [0.29, 0.717) is 11.4 Å². The Labute approximate surface area is 175 Å². The van der Waals surface area contributed by atoms with E-state index in [9.17, 15) is 4.79 Å². The molecule has 3 aromatic rings. The van der Waals surface area contributed by atoms with Crippen LogP contribution in [-0.4, -0.2) is 29.5 Å². The Bertz CT molecular complexity index is 1080. The van der Waals surface area contributed by atoms with Crippen LogP contribution >= 0.6 is 11.3 Å². The molecule has 2 aromatic heterocycles. The molecule has 1 aromatic carbocycles. The summed E-state index contributed by atoms with van der Waals surface area (Å²) in [6.07, 6.45) is 0. The van der Waals surface area contributed by atoms with E-state index >= 15 is 0 Å². The predicted octanol–water partition coefficient (Wildman–Crippen LogP) is 2.88. The van der Waals surface area contributed by atoms with Crippen LogP contribution in [0.15, 0.2) is 47.1 Å². The van der Waals surface area contributed by atoms with Gasteiger partial charge in [-0.05, 0) is 17.0 Å². The maximum Gasteiger partial charge on any atom is 0.353 e. The van der Waals surface area contributed by atoms with Gasteiger partial charge < -0.3 is 4.74 Å². The fourth-order valence-electron chi connectivity index (χ4n) is 2.84. The van der Waals surface area contributed by atoms with Gasteiger partial charge in [-0.25, -0.2) is 14.0 Å². The fraction of sp³-hybridized carbons (Fsp3) is 0.300. The zero-order chi connectivity index (χ0) is 21.2. The number of thiophene rings is 1. The van der Waals surface area contributed by atoms with Crippen molar-refractivity contribution in [1.29, 1.82) is 0 Å². The van der Waals surface area contributed by atoms with Crippen LogP contribution in [0.2, 0.25) is 19.6 Å². The van der Waals surface area contributed by atoms with Gasteiger partial charge >= 0.3 is 11.7 Å². The Morgan fingerprint density at radius 2 is 2.07 bits per heavy atom. The van der Waals surface area contributed by atoms with Crippen molar-refractivity contribution in [3.8, 4) is 11.7 Å². The van der Waals surface area contributed by atoms with Crippen molar-refractivity contribution in [3.05, 3.63) is 63.2 Å². The van der Waals surface area contributed by atoms with E-state index in [-0.39, 0.29) is 18.3 Å². The summed E-state index contributed by atoms with van der Waals surface area (Å²) in [5.41, 5.74) is 5.04. The third-order valence-corrected chi connectivity index (χ3v) is 7.44. The Kier molecular flexibility index (Phi) is 6.11. The molecule has 2 heterocycles. The Morgan fingerprint density at radius 1 is 1.31 bits per heavy atom. The van der Waals surface area contributed by atoms with Crippen LogP contribution in [0.3, 0.4) is 0 Å². The van der Waals surface area contributed by atoms with Gasteiger partial charge in [0.2, 0.25) is 0 Å². The summed E-state index contributed by atoms with van der Waals surface area (Å²) < 4.78 is 7.91. The van der Waals surface area contributed by atoms with E-state index in [1.807, 2.05) is 23.6 Å². The number of ether oxygens (including phenoxy) is 1. The lowest BCUT2D eigenvalue weighted by Gasteiger charge is -2.18. The molecule has 0 unspecified atom stereocenters. The second-order valence-electron chi connectivity index (χ2n) is 7.66. The second-order valence-corrected chi connectivity index (χ2v) is 13.7. The molecule has 154 valence electrons. The van der Waals surface area contributed by atoms with Crippen LogP contribution in [0.1, 0.15) is 10.4 Å². The number of hydrogen-bond acceptors (Lipinski definition) is 6. The molecule has 3 rings (SSSR count). The van der Waals surface area contributed by atoms with E-state index in [1.165, 1.54) is 32.9 Å². The summed E-state index contributed by atoms with van der Waals surface area (Å²) in [5, 5.41) is 7.35. The first-order valence-electron chi connectivity index (χ1n) is 9.16. The Hall–Kier alpha value is -2.62. The first-order chi connectivity index (χ1) is 13.7. The number of methoxy groups -OCH3 is 1. The van der Waals surface area contributed by atoms with Gasteiger partial charge in [0.05, 0.1) is 31.4 Å². The van der Waals surface area contributed by atoms with Crippen LogP contribution in [0.25, 0.3) is 11.4 Å².